The number of nitrogens with zero attached hydrogens (tertiary/aromatic N) is 2. The molecule has 1 aliphatic rings. The van der Waals surface area contributed by atoms with Crippen molar-refractivity contribution < 1.29 is 8.42 Å². The number of thioether (sulfide) groups is 1. The third-order valence-corrected chi connectivity index (χ3v) is 6.38. The predicted molar refractivity (Wildman–Crippen MR) is 112 cm³/mol. The summed E-state index contributed by atoms with van der Waals surface area (Å²) in [6, 6.07) is 11.4. The average molecular weight is 429 g/mol. The lowest BCUT2D eigenvalue weighted by Gasteiger charge is -2.13. The zero-order valence-electron chi connectivity index (χ0n) is 13.9. The van der Waals surface area contributed by atoms with Crippen LogP contribution in [0.3, 0.4) is 0 Å². The second-order valence-electron chi connectivity index (χ2n) is 5.54. The second-order valence-corrected chi connectivity index (χ2v) is 9.94. The van der Waals surface area contributed by atoms with Crippen molar-refractivity contribution in [3.8, 4) is 0 Å². The van der Waals surface area contributed by atoms with Crippen molar-refractivity contribution >= 4 is 61.3 Å². The minimum absolute atomic E-state index is 0.398. The number of amidine groups is 1. The Balaban J connectivity index is 1.61. The van der Waals surface area contributed by atoms with Crippen LogP contribution in [0.2, 0.25) is 5.02 Å². The fourth-order valence-electron chi connectivity index (χ4n) is 2.19. The molecule has 2 heterocycles. The molecule has 26 heavy (non-hydrogen) atoms. The van der Waals surface area contributed by atoms with E-state index >= 15 is 0 Å². The summed E-state index contributed by atoms with van der Waals surface area (Å²) in [5.41, 5.74) is 4.71. The average Bonchev–Trinajstić information content (AvgIpc) is 3.03. The topological polar surface area (TPSA) is 82.9 Å². The molecule has 138 valence electrons. The number of rotatable bonds is 6. The van der Waals surface area contributed by atoms with Gasteiger partial charge in [-0.25, -0.2) is 18.1 Å². The molecule has 1 aromatic heterocycles. The van der Waals surface area contributed by atoms with Crippen molar-refractivity contribution in [3.63, 3.8) is 0 Å². The van der Waals surface area contributed by atoms with Crippen molar-refractivity contribution in [1.82, 2.24) is 10.1 Å². The quantitative estimate of drug-likeness (QED) is 0.739. The van der Waals surface area contributed by atoms with Crippen molar-refractivity contribution in [1.29, 1.82) is 0 Å². The number of aliphatic imine (C=N–C) groups is 1. The molecule has 0 atom stereocenters. The first-order valence-corrected chi connectivity index (χ1v) is 11.8. The van der Waals surface area contributed by atoms with Gasteiger partial charge in [0.05, 0.1) is 22.5 Å². The highest BCUT2D eigenvalue weighted by Crippen LogP contribution is 2.24. The lowest BCUT2D eigenvalue weighted by Crippen LogP contribution is -2.24. The van der Waals surface area contributed by atoms with Gasteiger partial charge in [0, 0.05) is 22.2 Å². The molecule has 1 aliphatic heterocycles. The van der Waals surface area contributed by atoms with Crippen LogP contribution >= 0.6 is 34.7 Å². The lowest BCUT2D eigenvalue weighted by atomic mass is 10.3. The van der Waals surface area contributed by atoms with E-state index in [0.717, 1.165) is 32.6 Å². The van der Waals surface area contributed by atoms with Gasteiger partial charge in [-0.05, 0) is 36.8 Å². The molecule has 3 rings (SSSR count). The molecule has 1 aromatic carbocycles. The Labute approximate surface area is 165 Å². The van der Waals surface area contributed by atoms with Crippen LogP contribution in [-0.4, -0.2) is 37.9 Å². The third-order valence-electron chi connectivity index (χ3n) is 3.35. The Morgan fingerprint density at radius 3 is 2.88 bits per heavy atom. The SMILES string of the molecule is CS(=O)(=O)NCCc1ccc(C2=NNC(=Nc3cccc(Cl)c3)SC2)s1. The smallest absolute Gasteiger partial charge is 0.208 e. The first-order chi connectivity index (χ1) is 12.4. The van der Waals surface area contributed by atoms with Gasteiger partial charge < -0.3 is 0 Å². The Hall–Kier alpha value is -1.39. The van der Waals surface area contributed by atoms with E-state index in [-0.39, 0.29) is 0 Å². The Kier molecular flexibility index (Phi) is 6.36. The molecule has 6 nitrogen and oxygen atoms in total. The standard InChI is InChI=1S/C16H17ClN4O2S3/c1-26(22,23)18-8-7-13-5-6-15(25-13)14-10-24-16(21-20-14)19-12-4-2-3-11(17)9-12/h2-6,9,18H,7-8,10H2,1H3,(H,19,21). The summed E-state index contributed by atoms with van der Waals surface area (Å²) in [6.07, 6.45) is 1.82. The predicted octanol–water partition coefficient (Wildman–Crippen LogP) is 3.22. The van der Waals surface area contributed by atoms with E-state index in [1.54, 1.807) is 29.2 Å². The normalized spacial score (nSPS) is 16.4. The van der Waals surface area contributed by atoms with E-state index in [9.17, 15) is 8.42 Å². The summed E-state index contributed by atoms with van der Waals surface area (Å²) < 4.78 is 24.7. The summed E-state index contributed by atoms with van der Waals surface area (Å²) in [5.74, 6) is 0.716. The first kappa shape index (κ1) is 19.4. The Morgan fingerprint density at radius 2 is 2.19 bits per heavy atom. The second kappa shape index (κ2) is 8.53. The number of hydrogen-bond donors (Lipinski definition) is 2. The van der Waals surface area contributed by atoms with E-state index in [0.29, 0.717) is 23.7 Å². The van der Waals surface area contributed by atoms with E-state index < -0.39 is 10.0 Å². The van der Waals surface area contributed by atoms with E-state index in [2.05, 4.69) is 20.2 Å². The number of sulfonamides is 1. The number of benzene rings is 1. The molecule has 0 fully saturated rings. The Bertz CT molecular complexity index is 954. The first-order valence-electron chi connectivity index (χ1n) is 7.72. The molecule has 0 saturated carbocycles. The zero-order chi connectivity index (χ0) is 18.6. The van der Waals surface area contributed by atoms with Gasteiger partial charge in [-0.15, -0.1) is 11.3 Å². The molecular weight excluding hydrogens is 412 g/mol. The van der Waals surface area contributed by atoms with Crippen LogP contribution in [0, 0.1) is 0 Å². The van der Waals surface area contributed by atoms with Gasteiger partial charge in [-0.1, -0.05) is 29.4 Å². The maximum absolute atomic E-state index is 11.1. The molecule has 0 bridgehead atoms. The largest absolute Gasteiger partial charge is 0.255 e. The number of hydrogen-bond acceptors (Lipinski definition) is 6. The monoisotopic (exact) mass is 428 g/mol. The fraction of sp³-hybridized carbons (Fsp3) is 0.250. The summed E-state index contributed by atoms with van der Waals surface area (Å²) in [4.78, 5) is 6.67. The molecule has 10 heteroatoms. The van der Waals surface area contributed by atoms with Crippen LogP contribution in [0.1, 0.15) is 9.75 Å². The van der Waals surface area contributed by atoms with Crippen LogP contribution in [0.15, 0.2) is 46.5 Å². The lowest BCUT2D eigenvalue weighted by molar-refractivity contribution is 0.588. The van der Waals surface area contributed by atoms with Gasteiger partial charge in [0.25, 0.3) is 0 Å². The van der Waals surface area contributed by atoms with Crippen LogP contribution in [0.25, 0.3) is 0 Å². The van der Waals surface area contributed by atoms with Gasteiger partial charge >= 0.3 is 0 Å². The molecular formula is C16H17ClN4O2S3. The highest BCUT2D eigenvalue weighted by molar-refractivity contribution is 8.14. The van der Waals surface area contributed by atoms with Crippen LogP contribution < -0.4 is 10.1 Å². The third kappa shape index (κ3) is 5.82. The summed E-state index contributed by atoms with van der Waals surface area (Å²) >= 11 is 9.17. The van der Waals surface area contributed by atoms with Gasteiger partial charge in [-0.2, -0.15) is 5.10 Å². The zero-order valence-corrected chi connectivity index (χ0v) is 17.1. The van der Waals surface area contributed by atoms with Crippen LogP contribution in [0.5, 0.6) is 0 Å². The van der Waals surface area contributed by atoms with E-state index in [1.165, 1.54) is 0 Å². The minimum atomic E-state index is -3.15. The molecule has 0 radical (unpaired) electrons. The molecule has 0 unspecified atom stereocenters. The van der Waals surface area contributed by atoms with Gasteiger partial charge in [0.1, 0.15) is 0 Å². The minimum Gasteiger partial charge on any atom is -0.255 e. The molecule has 0 aliphatic carbocycles. The summed E-state index contributed by atoms with van der Waals surface area (Å²) in [7, 11) is -3.15. The maximum Gasteiger partial charge on any atom is 0.208 e. The number of nitrogens with one attached hydrogen (secondary N) is 2. The van der Waals surface area contributed by atoms with Gasteiger partial charge in [0.2, 0.25) is 10.0 Å². The van der Waals surface area contributed by atoms with Crippen molar-refractivity contribution in [2.75, 3.05) is 18.6 Å². The van der Waals surface area contributed by atoms with Crippen molar-refractivity contribution in [3.05, 3.63) is 51.2 Å². The van der Waals surface area contributed by atoms with Gasteiger partial charge in [-0.3, -0.25) is 5.43 Å². The molecule has 0 amide bonds. The van der Waals surface area contributed by atoms with Crippen molar-refractivity contribution in [2.45, 2.75) is 6.42 Å². The van der Waals surface area contributed by atoms with E-state index in [1.807, 2.05) is 30.3 Å². The molecule has 2 aromatic rings. The Morgan fingerprint density at radius 1 is 1.35 bits per heavy atom. The summed E-state index contributed by atoms with van der Waals surface area (Å²) in [6.45, 7) is 0.398. The van der Waals surface area contributed by atoms with E-state index in [4.69, 9.17) is 11.6 Å². The number of thiophene rings is 1. The van der Waals surface area contributed by atoms with Gasteiger partial charge in [0.15, 0.2) is 5.17 Å². The highest BCUT2D eigenvalue weighted by Gasteiger charge is 2.15. The molecule has 0 saturated heterocycles. The number of hydrazone groups is 1. The fourth-order valence-corrected chi connectivity index (χ4v) is 4.71. The maximum atomic E-state index is 11.1. The van der Waals surface area contributed by atoms with Crippen LogP contribution in [0.4, 0.5) is 5.69 Å². The number of halogens is 1. The highest BCUT2D eigenvalue weighted by atomic mass is 35.5. The molecule has 2 N–H and O–H groups in total. The summed E-state index contributed by atoms with van der Waals surface area (Å²) in [5, 5.41) is 5.79. The molecule has 0 spiro atoms. The van der Waals surface area contributed by atoms with Crippen LogP contribution in [-0.2, 0) is 16.4 Å². The van der Waals surface area contributed by atoms with Crippen molar-refractivity contribution in [2.24, 2.45) is 10.1 Å².